The second kappa shape index (κ2) is 5.08. The summed E-state index contributed by atoms with van der Waals surface area (Å²) in [6, 6.07) is 1.84. The van der Waals surface area contributed by atoms with Crippen LogP contribution in [-0.2, 0) is 0 Å². The molecule has 8 heteroatoms. The number of nitrogens with two attached hydrogens (primary N) is 1. The van der Waals surface area contributed by atoms with Gasteiger partial charge in [-0.15, -0.1) is 10.2 Å². The van der Waals surface area contributed by atoms with Crippen molar-refractivity contribution in [2.45, 2.75) is 16.3 Å². The van der Waals surface area contributed by atoms with Crippen molar-refractivity contribution < 1.29 is 0 Å². The first-order chi connectivity index (χ1) is 7.78. The maximum absolute atomic E-state index is 5.61. The van der Waals surface area contributed by atoms with E-state index < -0.39 is 0 Å². The summed E-state index contributed by atoms with van der Waals surface area (Å²) in [6.07, 6.45) is 0. The highest BCUT2D eigenvalue weighted by molar-refractivity contribution is 8.00. The van der Waals surface area contributed by atoms with Crippen LogP contribution in [0.3, 0.4) is 0 Å². The van der Waals surface area contributed by atoms with Gasteiger partial charge >= 0.3 is 0 Å². The highest BCUT2D eigenvalue weighted by atomic mass is 32.2. The van der Waals surface area contributed by atoms with E-state index in [0.29, 0.717) is 0 Å². The number of hydrogen-bond donors (Lipinski definition) is 2. The fourth-order valence-corrected chi connectivity index (χ4v) is 2.50. The number of aromatic nitrogens is 4. The molecule has 0 amide bonds. The lowest BCUT2D eigenvalue weighted by Crippen LogP contribution is -2.03. The van der Waals surface area contributed by atoms with E-state index in [1.807, 2.05) is 13.0 Å². The standard InChI is InChI=1S/C8H10N6S2/c1-2-10-5-3-6(13-7(9)12-5)16-8-14-11-4-15-8/h3-4H,2H2,1H3,(H3,9,10,12,13). The van der Waals surface area contributed by atoms with Crippen LogP contribution >= 0.6 is 23.1 Å². The van der Waals surface area contributed by atoms with Crippen molar-refractivity contribution in [3.8, 4) is 0 Å². The Kier molecular flexibility index (Phi) is 3.52. The molecule has 0 saturated heterocycles. The van der Waals surface area contributed by atoms with Gasteiger partial charge in [-0.2, -0.15) is 4.98 Å². The largest absolute Gasteiger partial charge is 0.370 e. The first kappa shape index (κ1) is 11.1. The first-order valence-corrected chi connectivity index (χ1v) is 6.30. The van der Waals surface area contributed by atoms with Crippen LogP contribution in [-0.4, -0.2) is 26.7 Å². The van der Waals surface area contributed by atoms with E-state index in [1.165, 1.54) is 23.1 Å². The summed E-state index contributed by atoms with van der Waals surface area (Å²) in [5.74, 6) is 0.979. The van der Waals surface area contributed by atoms with Crippen molar-refractivity contribution in [2.24, 2.45) is 0 Å². The smallest absolute Gasteiger partial charge is 0.223 e. The summed E-state index contributed by atoms with van der Waals surface area (Å²) in [5.41, 5.74) is 7.29. The van der Waals surface area contributed by atoms with E-state index in [1.54, 1.807) is 5.51 Å². The average molecular weight is 254 g/mol. The fourth-order valence-electron chi connectivity index (χ4n) is 1.06. The van der Waals surface area contributed by atoms with Crippen molar-refractivity contribution in [2.75, 3.05) is 17.6 Å². The van der Waals surface area contributed by atoms with Gasteiger partial charge in [0.25, 0.3) is 0 Å². The number of hydrogen-bond acceptors (Lipinski definition) is 8. The quantitative estimate of drug-likeness (QED) is 0.799. The molecule has 6 nitrogen and oxygen atoms in total. The number of rotatable bonds is 4. The SMILES string of the molecule is CCNc1cc(Sc2nncs2)nc(N)n1. The van der Waals surface area contributed by atoms with Crippen molar-refractivity contribution in [1.29, 1.82) is 0 Å². The van der Waals surface area contributed by atoms with Gasteiger partial charge in [-0.3, -0.25) is 0 Å². The Morgan fingerprint density at radius 3 is 3.06 bits per heavy atom. The second-order valence-corrected chi connectivity index (χ2v) is 4.89. The summed E-state index contributed by atoms with van der Waals surface area (Å²) < 4.78 is 0.834. The van der Waals surface area contributed by atoms with Crippen molar-refractivity contribution in [3.63, 3.8) is 0 Å². The van der Waals surface area contributed by atoms with Crippen LogP contribution in [0.25, 0.3) is 0 Å². The minimum absolute atomic E-state index is 0.255. The molecule has 0 atom stereocenters. The Hall–Kier alpha value is -1.41. The van der Waals surface area contributed by atoms with Crippen LogP contribution in [0.15, 0.2) is 20.9 Å². The number of nitrogens with one attached hydrogen (secondary N) is 1. The Morgan fingerprint density at radius 2 is 2.38 bits per heavy atom. The molecule has 2 aromatic heterocycles. The first-order valence-electron chi connectivity index (χ1n) is 4.60. The van der Waals surface area contributed by atoms with Gasteiger partial charge in [0.15, 0.2) is 4.34 Å². The normalized spacial score (nSPS) is 10.3. The topological polar surface area (TPSA) is 89.6 Å². The van der Waals surface area contributed by atoms with Gasteiger partial charge in [0.05, 0.1) is 0 Å². The maximum atomic E-state index is 5.61. The summed E-state index contributed by atoms with van der Waals surface area (Å²) in [7, 11) is 0. The van der Waals surface area contributed by atoms with E-state index in [4.69, 9.17) is 5.73 Å². The van der Waals surface area contributed by atoms with Gasteiger partial charge in [-0.05, 0) is 18.7 Å². The molecule has 0 aromatic carbocycles. The van der Waals surface area contributed by atoms with Crippen LogP contribution in [0, 0.1) is 0 Å². The molecule has 2 rings (SSSR count). The van der Waals surface area contributed by atoms with Crippen LogP contribution in [0.5, 0.6) is 0 Å². The Bertz CT molecular complexity index is 458. The Labute approximate surface area is 101 Å². The zero-order valence-electron chi connectivity index (χ0n) is 8.54. The molecule has 0 aliphatic carbocycles. The molecule has 84 valence electrons. The third kappa shape index (κ3) is 2.80. The molecule has 0 bridgehead atoms. The van der Waals surface area contributed by atoms with Crippen molar-refractivity contribution in [3.05, 3.63) is 11.6 Å². The molecule has 0 spiro atoms. The lowest BCUT2D eigenvalue weighted by molar-refractivity contribution is 1.000. The molecule has 0 unspecified atom stereocenters. The maximum Gasteiger partial charge on any atom is 0.223 e. The van der Waals surface area contributed by atoms with E-state index in [9.17, 15) is 0 Å². The highest BCUT2D eigenvalue weighted by Crippen LogP contribution is 2.28. The van der Waals surface area contributed by atoms with E-state index in [0.717, 1.165) is 21.7 Å². The molecule has 2 aromatic rings. The zero-order chi connectivity index (χ0) is 11.4. The van der Waals surface area contributed by atoms with E-state index in [-0.39, 0.29) is 5.95 Å². The fraction of sp³-hybridized carbons (Fsp3) is 0.250. The summed E-state index contributed by atoms with van der Waals surface area (Å²) in [4.78, 5) is 8.18. The van der Waals surface area contributed by atoms with Gasteiger partial charge in [0, 0.05) is 12.6 Å². The molecule has 0 fully saturated rings. The lowest BCUT2D eigenvalue weighted by atomic mass is 10.5. The third-order valence-electron chi connectivity index (χ3n) is 1.61. The molecule has 0 saturated carbocycles. The van der Waals surface area contributed by atoms with E-state index in [2.05, 4.69) is 25.5 Å². The summed E-state index contributed by atoms with van der Waals surface area (Å²) in [6.45, 7) is 2.79. The highest BCUT2D eigenvalue weighted by Gasteiger charge is 2.05. The molecule has 0 aliphatic rings. The van der Waals surface area contributed by atoms with Gasteiger partial charge in [0.2, 0.25) is 5.95 Å². The predicted octanol–water partition coefficient (Wildman–Crippen LogP) is 1.49. The molecule has 2 heterocycles. The molecule has 16 heavy (non-hydrogen) atoms. The van der Waals surface area contributed by atoms with Crippen LogP contribution in [0.4, 0.5) is 11.8 Å². The lowest BCUT2D eigenvalue weighted by Gasteiger charge is -2.04. The number of anilines is 2. The summed E-state index contributed by atoms with van der Waals surface area (Å²) >= 11 is 2.88. The third-order valence-corrected chi connectivity index (χ3v) is 3.31. The predicted molar refractivity (Wildman–Crippen MR) is 64.6 cm³/mol. The van der Waals surface area contributed by atoms with Crippen molar-refractivity contribution >= 4 is 34.9 Å². The Balaban J connectivity index is 2.20. The minimum atomic E-state index is 0.255. The average Bonchev–Trinajstić information content (AvgIpc) is 2.70. The van der Waals surface area contributed by atoms with E-state index >= 15 is 0 Å². The van der Waals surface area contributed by atoms with Crippen LogP contribution in [0.1, 0.15) is 6.92 Å². The van der Waals surface area contributed by atoms with Gasteiger partial charge < -0.3 is 11.1 Å². The molecule has 0 radical (unpaired) electrons. The van der Waals surface area contributed by atoms with Gasteiger partial charge in [0.1, 0.15) is 16.4 Å². The molecule has 0 aliphatic heterocycles. The van der Waals surface area contributed by atoms with Gasteiger partial charge in [-0.1, -0.05) is 11.3 Å². The molecule has 3 N–H and O–H groups in total. The summed E-state index contributed by atoms with van der Waals surface area (Å²) in [5, 5.41) is 11.5. The molecular weight excluding hydrogens is 244 g/mol. The molecular formula is C8H10N6S2. The van der Waals surface area contributed by atoms with Crippen LogP contribution in [0.2, 0.25) is 0 Å². The van der Waals surface area contributed by atoms with Crippen LogP contribution < -0.4 is 11.1 Å². The van der Waals surface area contributed by atoms with Gasteiger partial charge in [-0.25, -0.2) is 4.98 Å². The second-order valence-electron chi connectivity index (χ2n) is 2.79. The monoisotopic (exact) mass is 254 g/mol. The number of nitrogen functional groups attached to an aromatic ring is 1. The Morgan fingerprint density at radius 1 is 1.50 bits per heavy atom. The van der Waals surface area contributed by atoms with Crippen molar-refractivity contribution in [1.82, 2.24) is 20.2 Å². The number of nitrogens with zero attached hydrogens (tertiary/aromatic N) is 4. The minimum Gasteiger partial charge on any atom is -0.370 e. The zero-order valence-corrected chi connectivity index (χ0v) is 10.2.